The molecule has 7 heteroatoms. The van der Waals surface area contributed by atoms with E-state index in [1.54, 1.807) is 25.1 Å². The van der Waals surface area contributed by atoms with E-state index in [0.29, 0.717) is 16.4 Å². The first-order chi connectivity index (χ1) is 11.1. The minimum absolute atomic E-state index is 0.0604. The summed E-state index contributed by atoms with van der Waals surface area (Å²) in [5.74, 6) is -0.0604. The second-order valence-electron chi connectivity index (χ2n) is 4.89. The third-order valence-corrected chi connectivity index (χ3v) is 3.49. The molecule has 3 rings (SSSR count). The van der Waals surface area contributed by atoms with Crippen molar-refractivity contribution in [1.82, 2.24) is 9.78 Å². The quantitative estimate of drug-likeness (QED) is 0.704. The number of aromatic nitrogens is 2. The lowest BCUT2D eigenvalue weighted by atomic mass is 10.3. The van der Waals surface area contributed by atoms with Crippen molar-refractivity contribution in [2.45, 2.75) is 6.92 Å². The van der Waals surface area contributed by atoms with Gasteiger partial charge in [0.15, 0.2) is 5.69 Å². The van der Waals surface area contributed by atoms with E-state index >= 15 is 0 Å². The van der Waals surface area contributed by atoms with Crippen LogP contribution < -0.4 is 5.56 Å². The molecule has 0 atom stereocenters. The highest BCUT2D eigenvalue weighted by molar-refractivity contribution is 6.30. The zero-order chi connectivity index (χ0) is 16.4. The van der Waals surface area contributed by atoms with Crippen molar-refractivity contribution in [2.75, 3.05) is 0 Å². The third-order valence-electron chi connectivity index (χ3n) is 3.25. The number of nitrogens with one attached hydrogen (secondary N) is 1. The molecule has 0 saturated heterocycles. The van der Waals surface area contributed by atoms with Gasteiger partial charge in [0, 0.05) is 5.02 Å². The van der Waals surface area contributed by atoms with Gasteiger partial charge in [-0.1, -0.05) is 29.8 Å². The molecule has 0 aliphatic carbocycles. The minimum Gasteiger partial charge on any atom is -0.506 e. The van der Waals surface area contributed by atoms with Crippen molar-refractivity contribution >= 4 is 23.0 Å². The molecule has 0 unspecified atom stereocenters. The van der Waals surface area contributed by atoms with E-state index in [-0.39, 0.29) is 22.7 Å². The van der Waals surface area contributed by atoms with Gasteiger partial charge in [-0.3, -0.25) is 9.89 Å². The molecule has 0 bridgehead atoms. The monoisotopic (exact) mass is 328 g/mol. The van der Waals surface area contributed by atoms with Crippen LogP contribution in [0.2, 0.25) is 5.02 Å². The van der Waals surface area contributed by atoms with Crippen molar-refractivity contribution in [3.63, 3.8) is 0 Å². The fourth-order valence-electron chi connectivity index (χ4n) is 2.09. The molecule has 0 aliphatic heterocycles. The standard InChI is InChI=1S/C16H13ClN4O2/c1-10-15(19-18-13-9-11(17)7-8-14(13)22)16(23)21(20-10)12-5-3-2-4-6-12/h2-9,20,22H,1H3. The molecule has 0 amide bonds. The Hall–Kier alpha value is -2.86. The molecule has 6 nitrogen and oxygen atoms in total. The normalized spacial score (nSPS) is 11.2. The van der Waals surface area contributed by atoms with Gasteiger partial charge in [-0.05, 0) is 37.3 Å². The zero-order valence-electron chi connectivity index (χ0n) is 12.2. The SMILES string of the molecule is Cc1[nH]n(-c2ccccc2)c(=O)c1N=Nc1cc(Cl)ccc1O. The predicted octanol–water partition coefficient (Wildman–Crippen LogP) is 4.25. The van der Waals surface area contributed by atoms with Gasteiger partial charge in [-0.15, -0.1) is 10.2 Å². The van der Waals surface area contributed by atoms with E-state index < -0.39 is 0 Å². The molecular formula is C16H13ClN4O2. The summed E-state index contributed by atoms with van der Waals surface area (Å²) < 4.78 is 1.39. The molecule has 0 saturated carbocycles. The predicted molar refractivity (Wildman–Crippen MR) is 88.4 cm³/mol. The lowest BCUT2D eigenvalue weighted by Crippen LogP contribution is -2.13. The van der Waals surface area contributed by atoms with E-state index in [4.69, 9.17) is 11.6 Å². The van der Waals surface area contributed by atoms with E-state index in [2.05, 4.69) is 15.3 Å². The first-order valence-electron chi connectivity index (χ1n) is 6.83. The molecular weight excluding hydrogens is 316 g/mol. The maximum Gasteiger partial charge on any atom is 0.299 e. The Kier molecular flexibility index (Phi) is 3.99. The number of phenols is 1. The van der Waals surface area contributed by atoms with E-state index in [9.17, 15) is 9.90 Å². The van der Waals surface area contributed by atoms with Crippen molar-refractivity contribution in [3.05, 3.63) is 69.6 Å². The van der Waals surface area contributed by atoms with Crippen LogP contribution in [0, 0.1) is 6.92 Å². The first-order valence-corrected chi connectivity index (χ1v) is 7.21. The van der Waals surface area contributed by atoms with Crippen LogP contribution >= 0.6 is 11.6 Å². The summed E-state index contributed by atoms with van der Waals surface area (Å²) in [7, 11) is 0. The highest BCUT2D eigenvalue weighted by atomic mass is 35.5. The van der Waals surface area contributed by atoms with Gasteiger partial charge < -0.3 is 5.11 Å². The molecule has 0 spiro atoms. The van der Waals surface area contributed by atoms with Crippen LogP contribution in [0.5, 0.6) is 5.75 Å². The van der Waals surface area contributed by atoms with E-state index in [0.717, 1.165) is 0 Å². The smallest absolute Gasteiger partial charge is 0.299 e. The fraction of sp³-hybridized carbons (Fsp3) is 0.0625. The Morgan fingerprint density at radius 2 is 1.87 bits per heavy atom. The largest absolute Gasteiger partial charge is 0.506 e. The summed E-state index contributed by atoms with van der Waals surface area (Å²) >= 11 is 5.86. The van der Waals surface area contributed by atoms with Crippen LogP contribution in [0.1, 0.15) is 5.69 Å². The molecule has 2 N–H and O–H groups in total. The summed E-state index contributed by atoms with van der Waals surface area (Å²) in [4.78, 5) is 12.5. The molecule has 0 radical (unpaired) electrons. The molecule has 23 heavy (non-hydrogen) atoms. The van der Waals surface area contributed by atoms with Crippen molar-refractivity contribution in [1.29, 1.82) is 0 Å². The Labute approximate surface area is 136 Å². The average Bonchev–Trinajstić information content (AvgIpc) is 2.84. The zero-order valence-corrected chi connectivity index (χ0v) is 12.9. The van der Waals surface area contributed by atoms with Gasteiger partial charge in [0.25, 0.3) is 5.56 Å². The number of aromatic amines is 1. The number of nitrogens with zero attached hydrogens (tertiary/aromatic N) is 3. The van der Waals surface area contributed by atoms with Crippen LogP contribution in [0.15, 0.2) is 63.6 Å². The van der Waals surface area contributed by atoms with Gasteiger partial charge in [0.2, 0.25) is 0 Å². The van der Waals surface area contributed by atoms with Gasteiger partial charge in [-0.2, -0.15) is 0 Å². The van der Waals surface area contributed by atoms with Gasteiger partial charge >= 0.3 is 0 Å². The number of rotatable bonds is 3. The first kappa shape index (κ1) is 15.1. The van der Waals surface area contributed by atoms with Crippen LogP contribution in [0.3, 0.4) is 0 Å². The molecule has 1 heterocycles. The minimum atomic E-state index is -0.320. The Morgan fingerprint density at radius 3 is 2.61 bits per heavy atom. The summed E-state index contributed by atoms with van der Waals surface area (Å²) in [5, 5.41) is 21.0. The molecule has 0 fully saturated rings. The second-order valence-corrected chi connectivity index (χ2v) is 5.33. The highest BCUT2D eigenvalue weighted by Crippen LogP contribution is 2.30. The number of hydrogen-bond donors (Lipinski definition) is 2. The van der Waals surface area contributed by atoms with Gasteiger partial charge in [0.05, 0.1) is 11.4 Å². The number of azo groups is 1. The molecule has 2 aromatic carbocycles. The lowest BCUT2D eigenvalue weighted by molar-refractivity contribution is 0.476. The molecule has 0 aliphatic rings. The van der Waals surface area contributed by atoms with Crippen molar-refractivity contribution in [3.8, 4) is 11.4 Å². The average molecular weight is 329 g/mol. The summed E-state index contributed by atoms with van der Waals surface area (Å²) in [6, 6.07) is 13.6. The topological polar surface area (TPSA) is 82.7 Å². The number of benzene rings is 2. The number of H-pyrrole nitrogens is 1. The van der Waals surface area contributed by atoms with Crippen LogP contribution in [-0.4, -0.2) is 14.9 Å². The number of aromatic hydroxyl groups is 1. The van der Waals surface area contributed by atoms with Crippen LogP contribution in [-0.2, 0) is 0 Å². The second kappa shape index (κ2) is 6.10. The van der Waals surface area contributed by atoms with E-state index in [1.807, 2.05) is 18.2 Å². The summed E-state index contributed by atoms with van der Waals surface area (Å²) in [6.07, 6.45) is 0. The fourth-order valence-corrected chi connectivity index (χ4v) is 2.26. The Balaban J connectivity index is 2.02. The third kappa shape index (κ3) is 3.02. The summed E-state index contributed by atoms with van der Waals surface area (Å²) in [5.41, 5.74) is 1.33. The number of hydrogen-bond acceptors (Lipinski definition) is 4. The number of halogens is 1. The Bertz CT molecular complexity index is 929. The van der Waals surface area contributed by atoms with E-state index in [1.165, 1.54) is 16.8 Å². The Morgan fingerprint density at radius 1 is 1.13 bits per heavy atom. The molecule has 3 aromatic rings. The van der Waals surface area contributed by atoms with Crippen LogP contribution in [0.25, 0.3) is 5.69 Å². The van der Waals surface area contributed by atoms with Crippen LogP contribution in [0.4, 0.5) is 11.4 Å². The lowest BCUT2D eigenvalue weighted by Gasteiger charge is -1.99. The number of phenolic OH excluding ortho intramolecular Hbond substituents is 1. The summed E-state index contributed by atoms with van der Waals surface area (Å²) in [6.45, 7) is 1.73. The number of aryl methyl sites for hydroxylation is 1. The number of para-hydroxylation sites is 1. The molecule has 116 valence electrons. The molecule has 1 aromatic heterocycles. The maximum absolute atomic E-state index is 12.5. The van der Waals surface area contributed by atoms with Crippen molar-refractivity contribution in [2.24, 2.45) is 10.2 Å². The highest BCUT2D eigenvalue weighted by Gasteiger charge is 2.12. The maximum atomic E-state index is 12.5. The van der Waals surface area contributed by atoms with Crippen molar-refractivity contribution < 1.29 is 5.11 Å². The van der Waals surface area contributed by atoms with Gasteiger partial charge in [-0.25, -0.2) is 4.68 Å². The van der Waals surface area contributed by atoms with Gasteiger partial charge in [0.1, 0.15) is 11.4 Å².